The number of aromatic nitrogens is 1. The smallest absolute Gasteiger partial charge is 0.251 e. The van der Waals surface area contributed by atoms with Gasteiger partial charge in [0.25, 0.3) is 5.91 Å². The Bertz CT molecular complexity index is 1020. The van der Waals surface area contributed by atoms with Gasteiger partial charge >= 0.3 is 0 Å². The number of fused-ring (bicyclic) bond motifs is 1. The van der Waals surface area contributed by atoms with E-state index in [0.717, 1.165) is 48.0 Å². The van der Waals surface area contributed by atoms with E-state index in [1.807, 2.05) is 24.3 Å². The average Bonchev–Trinajstić information content (AvgIpc) is 3.37. The molecule has 0 saturated carbocycles. The van der Waals surface area contributed by atoms with E-state index in [4.69, 9.17) is 0 Å². The quantitative estimate of drug-likeness (QED) is 0.552. The summed E-state index contributed by atoms with van der Waals surface area (Å²) in [5, 5.41) is 13.7. The van der Waals surface area contributed by atoms with E-state index >= 15 is 0 Å². The molecule has 3 N–H and O–H groups in total. The summed E-state index contributed by atoms with van der Waals surface area (Å²) < 4.78 is 0. The summed E-state index contributed by atoms with van der Waals surface area (Å²) >= 11 is 0. The average molecular weight is 406 g/mol. The molecule has 30 heavy (non-hydrogen) atoms. The molecule has 2 aromatic carbocycles. The molecule has 2 heterocycles. The summed E-state index contributed by atoms with van der Waals surface area (Å²) in [7, 11) is 0. The van der Waals surface area contributed by atoms with Crippen molar-refractivity contribution in [1.82, 2.24) is 15.2 Å². The minimum absolute atomic E-state index is 0.0281. The number of carbonyl (C=O) groups is 1. The molecule has 5 nitrogen and oxygen atoms in total. The standard InChI is InChI=1S/C25H31N3O2/c1-17(2)14-26-25(30)20-6-3-5-18(11-20)19-8-9-24-21(12-19)13-22(27-24)15-28-10-4-7-23(28)16-29/h3,5-6,8-9,11-13,17,23,27,29H,4,7,10,14-16H2,1-2H3,(H,26,30)/t23-/m1/s1. The Labute approximate surface area is 178 Å². The van der Waals surface area contributed by atoms with E-state index in [0.29, 0.717) is 18.0 Å². The number of amides is 1. The maximum atomic E-state index is 12.4. The fourth-order valence-corrected chi connectivity index (χ4v) is 4.23. The van der Waals surface area contributed by atoms with Crippen molar-refractivity contribution in [2.45, 2.75) is 39.3 Å². The van der Waals surface area contributed by atoms with Gasteiger partial charge in [-0.25, -0.2) is 0 Å². The molecule has 0 bridgehead atoms. The van der Waals surface area contributed by atoms with Crippen LogP contribution in [0.4, 0.5) is 0 Å². The zero-order valence-electron chi connectivity index (χ0n) is 17.8. The summed E-state index contributed by atoms with van der Waals surface area (Å²) in [5.74, 6) is 0.398. The molecule has 1 fully saturated rings. The molecule has 0 aliphatic carbocycles. The lowest BCUT2D eigenvalue weighted by molar-refractivity contribution is 0.0949. The molecule has 3 aromatic rings. The van der Waals surface area contributed by atoms with E-state index < -0.39 is 0 Å². The highest BCUT2D eigenvalue weighted by Gasteiger charge is 2.24. The molecule has 1 saturated heterocycles. The van der Waals surface area contributed by atoms with Crippen LogP contribution in [0, 0.1) is 5.92 Å². The van der Waals surface area contributed by atoms with Crippen molar-refractivity contribution in [3.8, 4) is 11.1 Å². The molecule has 1 atom stereocenters. The first-order chi connectivity index (χ1) is 14.5. The Balaban J connectivity index is 1.54. The highest BCUT2D eigenvalue weighted by Crippen LogP contribution is 2.27. The molecular formula is C25H31N3O2. The highest BCUT2D eigenvalue weighted by molar-refractivity contribution is 5.96. The number of H-pyrrole nitrogens is 1. The van der Waals surface area contributed by atoms with Crippen molar-refractivity contribution in [2.75, 3.05) is 19.7 Å². The lowest BCUT2D eigenvalue weighted by Gasteiger charge is -2.21. The van der Waals surface area contributed by atoms with E-state index in [1.54, 1.807) is 0 Å². The summed E-state index contributed by atoms with van der Waals surface area (Å²) in [4.78, 5) is 18.3. The number of nitrogens with one attached hydrogen (secondary N) is 2. The fraction of sp³-hybridized carbons (Fsp3) is 0.400. The number of rotatable bonds is 7. The zero-order valence-corrected chi connectivity index (χ0v) is 17.8. The third-order valence-electron chi connectivity index (χ3n) is 5.89. The van der Waals surface area contributed by atoms with Gasteiger partial charge in [-0.15, -0.1) is 0 Å². The number of aliphatic hydroxyl groups excluding tert-OH is 1. The second kappa shape index (κ2) is 9.02. The van der Waals surface area contributed by atoms with Crippen LogP contribution >= 0.6 is 0 Å². The minimum atomic E-state index is -0.0281. The summed E-state index contributed by atoms with van der Waals surface area (Å²) in [6, 6.07) is 16.7. The summed E-state index contributed by atoms with van der Waals surface area (Å²) in [6.45, 7) is 6.95. The molecule has 1 amide bonds. The van der Waals surface area contributed by atoms with Gasteiger partial charge in [0.1, 0.15) is 0 Å². The van der Waals surface area contributed by atoms with Gasteiger partial charge in [-0.1, -0.05) is 32.0 Å². The predicted octanol–water partition coefficient (Wildman–Crippen LogP) is 4.18. The molecular weight excluding hydrogens is 374 g/mol. The van der Waals surface area contributed by atoms with Crippen LogP contribution in [0.15, 0.2) is 48.5 Å². The van der Waals surface area contributed by atoms with Crippen molar-refractivity contribution in [3.63, 3.8) is 0 Å². The second-order valence-corrected chi connectivity index (χ2v) is 8.73. The van der Waals surface area contributed by atoms with E-state index in [9.17, 15) is 9.90 Å². The first kappa shape index (κ1) is 20.6. The number of hydrogen-bond donors (Lipinski definition) is 3. The lowest BCUT2D eigenvalue weighted by atomic mass is 10.0. The van der Waals surface area contributed by atoms with Crippen LogP contribution in [0.3, 0.4) is 0 Å². The van der Waals surface area contributed by atoms with Crippen LogP contribution in [0.25, 0.3) is 22.0 Å². The third kappa shape index (κ3) is 4.58. The normalized spacial score (nSPS) is 17.1. The monoisotopic (exact) mass is 405 g/mol. The van der Waals surface area contributed by atoms with Gasteiger partial charge in [0, 0.05) is 41.3 Å². The van der Waals surface area contributed by atoms with Crippen LogP contribution in [0.1, 0.15) is 42.7 Å². The van der Waals surface area contributed by atoms with Gasteiger partial charge in [-0.05, 0) is 66.8 Å². The number of aliphatic hydroxyl groups is 1. The Morgan fingerprint density at radius 1 is 1.20 bits per heavy atom. The van der Waals surface area contributed by atoms with Gasteiger partial charge in [-0.2, -0.15) is 0 Å². The number of hydrogen-bond acceptors (Lipinski definition) is 3. The number of benzene rings is 2. The van der Waals surface area contributed by atoms with Gasteiger partial charge in [0.15, 0.2) is 0 Å². The fourth-order valence-electron chi connectivity index (χ4n) is 4.23. The molecule has 1 aromatic heterocycles. The van der Waals surface area contributed by atoms with Crippen molar-refractivity contribution in [3.05, 3.63) is 59.8 Å². The largest absolute Gasteiger partial charge is 0.395 e. The molecule has 1 aliphatic rings. The molecule has 1 aliphatic heterocycles. The van der Waals surface area contributed by atoms with E-state index in [-0.39, 0.29) is 18.6 Å². The number of carbonyl (C=O) groups excluding carboxylic acids is 1. The first-order valence-electron chi connectivity index (χ1n) is 10.9. The van der Waals surface area contributed by atoms with Crippen LogP contribution in [0.5, 0.6) is 0 Å². The SMILES string of the molecule is CC(C)CNC(=O)c1cccc(-c2ccc3[nH]c(CN4CCC[C@@H]4CO)cc3c2)c1. The molecule has 158 valence electrons. The van der Waals surface area contributed by atoms with Crippen LogP contribution in [0.2, 0.25) is 0 Å². The van der Waals surface area contributed by atoms with Gasteiger partial charge in [-0.3, -0.25) is 9.69 Å². The zero-order chi connectivity index (χ0) is 21.1. The second-order valence-electron chi connectivity index (χ2n) is 8.73. The molecule has 4 rings (SSSR count). The van der Waals surface area contributed by atoms with E-state index in [1.165, 1.54) is 5.69 Å². The summed E-state index contributed by atoms with van der Waals surface area (Å²) in [5.41, 5.74) is 5.11. The van der Waals surface area contributed by atoms with Crippen molar-refractivity contribution >= 4 is 16.8 Å². The maximum absolute atomic E-state index is 12.4. The Morgan fingerprint density at radius 2 is 2.03 bits per heavy atom. The van der Waals surface area contributed by atoms with Crippen molar-refractivity contribution in [1.29, 1.82) is 0 Å². The van der Waals surface area contributed by atoms with Crippen molar-refractivity contribution < 1.29 is 9.90 Å². The third-order valence-corrected chi connectivity index (χ3v) is 5.89. The molecule has 0 spiro atoms. The maximum Gasteiger partial charge on any atom is 0.251 e. The van der Waals surface area contributed by atoms with Gasteiger partial charge in [0.05, 0.1) is 6.61 Å². The first-order valence-corrected chi connectivity index (χ1v) is 10.9. The molecule has 5 heteroatoms. The van der Waals surface area contributed by atoms with E-state index in [2.05, 4.69) is 53.3 Å². The summed E-state index contributed by atoms with van der Waals surface area (Å²) in [6.07, 6.45) is 2.22. The van der Waals surface area contributed by atoms with Gasteiger partial charge < -0.3 is 15.4 Å². The number of likely N-dealkylation sites (tertiary alicyclic amines) is 1. The Morgan fingerprint density at radius 3 is 2.83 bits per heavy atom. The Hall–Kier alpha value is -2.63. The van der Waals surface area contributed by atoms with Crippen LogP contribution in [-0.2, 0) is 6.54 Å². The highest BCUT2D eigenvalue weighted by atomic mass is 16.3. The topological polar surface area (TPSA) is 68.4 Å². The Kier molecular flexibility index (Phi) is 6.21. The lowest BCUT2D eigenvalue weighted by Crippen LogP contribution is -2.31. The predicted molar refractivity (Wildman–Crippen MR) is 121 cm³/mol. The van der Waals surface area contributed by atoms with Crippen LogP contribution < -0.4 is 5.32 Å². The molecule has 0 radical (unpaired) electrons. The number of nitrogens with zero attached hydrogens (tertiary/aromatic N) is 1. The van der Waals surface area contributed by atoms with Gasteiger partial charge in [0.2, 0.25) is 0 Å². The minimum Gasteiger partial charge on any atom is -0.395 e. The van der Waals surface area contributed by atoms with Crippen LogP contribution in [-0.4, -0.2) is 46.6 Å². The number of aromatic amines is 1. The molecule has 0 unspecified atom stereocenters. The van der Waals surface area contributed by atoms with Crippen molar-refractivity contribution in [2.24, 2.45) is 5.92 Å².